The van der Waals surface area contributed by atoms with Gasteiger partial charge in [0.1, 0.15) is 0 Å². The first-order valence-electron chi connectivity index (χ1n) is 41.2. The van der Waals surface area contributed by atoms with Gasteiger partial charge in [0.15, 0.2) is 0 Å². The summed E-state index contributed by atoms with van der Waals surface area (Å²) in [5, 5.41) is 20.3. The second kappa shape index (κ2) is 27.9. The van der Waals surface area contributed by atoms with Crippen molar-refractivity contribution in [1.29, 1.82) is 0 Å². The molecule has 2 aliphatic carbocycles. The van der Waals surface area contributed by atoms with Gasteiger partial charge in [-0.15, -0.1) is 0 Å². The molecule has 24 rings (SSSR count). The summed E-state index contributed by atoms with van der Waals surface area (Å²) in [4.78, 5) is 0. The van der Waals surface area contributed by atoms with Gasteiger partial charge in [-0.1, -0.05) is 449 Å². The third-order valence-corrected chi connectivity index (χ3v) is 25.9. The van der Waals surface area contributed by atoms with E-state index in [0.717, 1.165) is 0 Å². The lowest BCUT2D eigenvalue weighted by Gasteiger charge is -2.34. The van der Waals surface area contributed by atoms with Crippen molar-refractivity contribution in [2.24, 2.45) is 0 Å². The predicted octanol–water partition coefficient (Wildman–Crippen LogP) is 31.3. The average molecular weight is 1490 g/mol. The average Bonchev–Trinajstić information content (AvgIpc) is 1.65. The van der Waals surface area contributed by atoms with Gasteiger partial charge in [-0.25, -0.2) is 0 Å². The van der Waals surface area contributed by atoms with Crippen LogP contribution in [0.1, 0.15) is 44.5 Å². The van der Waals surface area contributed by atoms with E-state index in [0.29, 0.717) is 0 Å². The van der Waals surface area contributed by atoms with E-state index in [1.165, 1.54) is 220 Å². The summed E-state index contributed by atoms with van der Waals surface area (Å²) < 4.78 is 0. The van der Waals surface area contributed by atoms with Crippen LogP contribution in [0.3, 0.4) is 0 Å². The lowest BCUT2D eigenvalue weighted by atomic mass is 9.67. The Morgan fingerprint density at radius 2 is 0.280 bits per heavy atom. The Labute approximate surface area is 686 Å². The molecule has 0 nitrogen and oxygen atoms in total. The van der Waals surface area contributed by atoms with Crippen molar-refractivity contribution in [3.05, 3.63) is 506 Å². The maximum atomic E-state index is 2.40. The first-order valence-corrected chi connectivity index (χ1v) is 41.2. The van der Waals surface area contributed by atoms with Crippen LogP contribution < -0.4 is 0 Å². The van der Waals surface area contributed by atoms with Gasteiger partial charge in [0.25, 0.3) is 0 Å². The molecule has 2 aliphatic rings. The third-order valence-electron chi connectivity index (χ3n) is 25.9. The minimum Gasteiger partial charge on any atom is -0.0622 e. The van der Waals surface area contributed by atoms with E-state index in [2.05, 4.69) is 461 Å². The lowest BCUT2D eigenvalue weighted by molar-refractivity contribution is 0.769. The first kappa shape index (κ1) is 68.5. The zero-order valence-electron chi connectivity index (χ0n) is 64.9. The second-order valence-corrected chi connectivity index (χ2v) is 31.8. The summed E-state index contributed by atoms with van der Waals surface area (Å²) in [6, 6.07) is 171. The molecule has 548 valence electrons. The van der Waals surface area contributed by atoms with Crippen molar-refractivity contribution in [2.45, 2.75) is 10.8 Å². The first-order chi connectivity index (χ1) is 58.6. The topological polar surface area (TPSA) is 0 Å². The molecule has 118 heavy (non-hydrogen) atoms. The highest BCUT2D eigenvalue weighted by Crippen LogP contribution is 2.60. The van der Waals surface area contributed by atoms with Crippen LogP contribution in [-0.4, -0.2) is 0 Å². The SMILES string of the molecule is c1ccc(-c2c3ccccc3c(-c3ccc(C4(c5ccc(-c6c7ccccc7c(-c7ccccc7)c7ccccc67)cc5)c5ccccc5-c5ccccc54)cc3)c3ccccc23)cc1.c1ccc2c(c1)-c1ccccc1C2(c1ccc(-c2c3ccccc3cc3ccccc23)cc1)c1ccc(-c2c3ccccc3cc3ccccc23)cc1. The van der Waals surface area contributed by atoms with Gasteiger partial charge in [-0.3, -0.25) is 0 Å². The monoisotopic (exact) mass is 1490 g/mol. The molecule has 0 aromatic heterocycles. The molecule has 0 bridgehead atoms. The van der Waals surface area contributed by atoms with Crippen LogP contribution in [0.2, 0.25) is 0 Å². The van der Waals surface area contributed by atoms with Crippen molar-refractivity contribution in [3.63, 3.8) is 0 Å². The molecule has 0 saturated heterocycles. The molecule has 0 fully saturated rings. The van der Waals surface area contributed by atoms with Crippen molar-refractivity contribution in [1.82, 2.24) is 0 Å². The van der Waals surface area contributed by atoms with E-state index in [9.17, 15) is 0 Å². The maximum absolute atomic E-state index is 2.40. The molecule has 0 aliphatic heterocycles. The fourth-order valence-electron chi connectivity index (χ4n) is 21.0. The van der Waals surface area contributed by atoms with Gasteiger partial charge in [0.05, 0.1) is 10.8 Å². The Hall–Kier alpha value is -15.1. The molecule has 0 atom stereocenters. The zero-order chi connectivity index (χ0) is 77.8. The highest BCUT2D eigenvalue weighted by atomic mass is 14.5. The van der Waals surface area contributed by atoms with Crippen LogP contribution in [0.25, 0.3) is 175 Å². The van der Waals surface area contributed by atoms with Gasteiger partial charge in [0, 0.05) is 0 Å². The molecule has 0 radical (unpaired) electrons. The van der Waals surface area contributed by atoms with Crippen LogP contribution >= 0.6 is 0 Å². The van der Waals surface area contributed by atoms with Crippen molar-refractivity contribution in [3.8, 4) is 89.0 Å². The predicted molar refractivity (Wildman–Crippen MR) is 500 cm³/mol. The van der Waals surface area contributed by atoms with Crippen LogP contribution in [0, 0.1) is 0 Å². The van der Waals surface area contributed by atoms with E-state index in [4.69, 9.17) is 0 Å². The Kier molecular flexibility index (Phi) is 16.2. The van der Waals surface area contributed by atoms with Gasteiger partial charge in [0.2, 0.25) is 0 Å². The normalized spacial score (nSPS) is 12.9. The molecule has 0 heteroatoms. The molecule has 0 saturated carbocycles. The van der Waals surface area contributed by atoms with E-state index in [1.807, 2.05) is 0 Å². The van der Waals surface area contributed by atoms with Crippen molar-refractivity contribution in [2.75, 3.05) is 0 Å². The Morgan fingerprint density at radius 3 is 0.500 bits per heavy atom. The Balaban J connectivity index is 0.000000141. The molecular formula is C118H76. The molecule has 22 aromatic carbocycles. The van der Waals surface area contributed by atoms with Gasteiger partial charge in [-0.05, 0) is 232 Å². The molecule has 22 aromatic rings. The van der Waals surface area contributed by atoms with E-state index in [-0.39, 0.29) is 0 Å². The summed E-state index contributed by atoms with van der Waals surface area (Å²) in [6.45, 7) is 0. The quantitative estimate of drug-likeness (QED) is 0.120. The Bertz CT molecular complexity index is 7060. The highest BCUT2D eigenvalue weighted by Gasteiger charge is 2.48. The molecule has 0 amide bonds. The highest BCUT2D eigenvalue weighted by molar-refractivity contribution is 6.23. The lowest BCUT2D eigenvalue weighted by Crippen LogP contribution is -2.28. The van der Waals surface area contributed by atoms with Gasteiger partial charge >= 0.3 is 0 Å². The standard InChI is InChI=1S/C65H42.C53H34/c1-3-19-43(20-4-1)61-51-25-7-11-29-55(51)63(56-30-12-8-26-52(56)61)45-35-39-47(40-36-45)65(59-33-17-15-23-49(59)50-24-16-18-34-60(50)65)48-41-37-46(38-42-48)64-57-31-13-9-27-53(57)62(44-21-5-2-6-22-44)54-28-10-14-32-58(54)64;1-5-17-43-37(13-1)33-38-14-2-6-18-44(38)51(43)35-25-29-41(30-26-35)53(49-23-11-9-21-47(49)48-22-10-12-24-50(48)53)42-31-27-36(28-32-42)52-45-19-7-3-15-39(45)34-40-16-4-8-20-46(40)52/h1-42H;1-34H. The summed E-state index contributed by atoms with van der Waals surface area (Å²) >= 11 is 0. The van der Waals surface area contributed by atoms with Gasteiger partial charge < -0.3 is 0 Å². The minimum atomic E-state index is -0.535. The van der Waals surface area contributed by atoms with E-state index < -0.39 is 10.8 Å². The third kappa shape index (κ3) is 10.6. The zero-order valence-corrected chi connectivity index (χ0v) is 64.9. The summed E-state index contributed by atoms with van der Waals surface area (Å²) in [5.74, 6) is 0. The second-order valence-electron chi connectivity index (χ2n) is 31.8. The van der Waals surface area contributed by atoms with E-state index in [1.54, 1.807) is 0 Å². The van der Waals surface area contributed by atoms with Gasteiger partial charge in [-0.2, -0.15) is 0 Å². The minimum absolute atomic E-state index is 0.480. The molecule has 0 unspecified atom stereocenters. The molecular weight excluding hydrogens is 1420 g/mol. The van der Waals surface area contributed by atoms with Crippen molar-refractivity contribution < 1.29 is 0 Å². The number of benzene rings is 22. The largest absolute Gasteiger partial charge is 0.0713 e. The van der Waals surface area contributed by atoms with Crippen LogP contribution in [0.5, 0.6) is 0 Å². The smallest absolute Gasteiger partial charge is 0.0622 e. The summed E-state index contributed by atoms with van der Waals surface area (Å²) in [5.41, 5.74) is 29.5. The fraction of sp³-hybridized carbons (Fsp3) is 0.0169. The van der Waals surface area contributed by atoms with Crippen LogP contribution in [-0.2, 0) is 10.8 Å². The van der Waals surface area contributed by atoms with E-state index >= 15 is 0 Å². The number of hydrogen-bond acceptors (Lipinski definition) is 0. The molecule has 0 N–H and O–H groups in total. The fourth-order valence-corrected chi connectivity index (χ4v) is 21.0. The van der Waals surface area contributed by atoms with Crippen LogP contribution in [0.4, 0.5) is 0 Å². The van der Waals surface area contributed by atoms with Crippen molar-refractivity contribution >= 4 is 86.2 Å². The number of hydrogen-bond donors (Lipinski definition) is 0. The summed E-state index contributed by atoms with van der Waals surface area (Å²) in [7, 11) is 0. The molecule has 0 heterocycles. The summed E-state index contributed by atoms with van der Waals surface area (Å²) in [6.07, 6.45) is 0. The molecule has 0 spiro atoms. The Morgan fingerprint density at radius 1 is 0.119 bits per heavy atom. The number of fused-ring (bicyclic) bond motifs is 14. The maximum Gasteiger partial charge on any atom is 0.0713 e. The number of rotatable bonds is 10. The van der Waals surface area contributed by atoms with Crippen LogP contribution in [0.15, 0.2) is 461 Å².